The predicted octanol–water partition coefficient (Wildman–Crippen LogP) is 1.26. The highest BCUT2D eigenvalue weighted by atomic mass is 79.9. The van der Waals surface area contributed by atoms with Crippen molar-refractivity contribution < 1.29 is 57.9 Å². The Morgan fingerprint density at radius 2 is 1.26 bits per heavy atom. The Bertz CT molecular complexity index is 1030. The Morgan fingerprint density at radius 3 is 1.60 bits per heavy atom. The van der Waals surface area contributed by atoms with Crippen molar-refractivity contribution in [2.24, 2.45) is 23.7 Å². The number of ether oxygens (including phenoxy) is 5. The molecule has 0 aromatic rings. The number of carbonyl (C=O) groups is 5. The van der Waals surface area contributed by atoms with Crippen LogP contribution in [0.3, 0.4) is 0 Å². The Kier molecular flexibility index (Phi) is 18.5. The van der Waals surface area contributed by atoms with Crippen molar-refractivity contribution >= 4 is 45.5 Å². The molecule has 0 saturated carbocycles. The summed E-state index contributed by atoms with van der Waals surface area (Å²) in [7, 11) is 3.48. The Morgan fingerprint density at radius 1 is 0.809 bits per heavy atom. The highest BCUT2D eigenvalue weighted by Crippen LogP contribution is 2.45. The van der Waals surface area contributed by atoms with Gasteiger partial charge in [0, 0.05) is 39.7 Å². The van der Waals surface area contributed by atoms with Gasteiger partial charge in [0.2, 0.25) is 23.6 Å². The fraction of sp³-hybridized carbons (Fsp3) is 0.719. The molecular weight excluding hydrogens is 684 g/mol. The van der Waals surface area contributed by atoms with E-state index >= 15 is 0 Å². The van der Waals surface area contributed by atoms with Crippen molar-refractivity contribution in [2.45, 2.75) is 70.4 Å². The molecule has 6 rings (SSSR count). The highest BCUT2D eigenvalue weighted by molar-refractivity contribution is 9.09. The van der Waals surface area contributed by atoms with Gasteiger partial charge in [-0.2, -0.15) is 0 Å². The number of likely N-dealkylation sites (tertiary alicyclic amines) is 1. The number of halogens is 1. The standard InChI is InChI=1S/C10H11NO4.C8H7NO3.C6H14O.C5H11BrO.C3H6O3/c12-4-3-11-9(13)7-5-1-2-6(15-5)8(7)10(11)14;10-7-5-3-1-2-4(12-3)6(5)8(11)9-7;1-3-4-5-6-7-2;1-7-5-3-2-4-6;1-3(5)6-2-4/h1-2,5-8,12H,3-4H2;1-6H,(H,9,10,11);3-6H2,1-2H3;2-5H2,1H3;4H,2H2,1H3. The molecule has 0 aromatic heterocycles. The summed E-state index contributed by atoms with van der Waals surface area (Å²) < 4.78 is 24.5. The normalized spacial score (nSPS) is 29.5. The number of aliphatic hydroxyl groups excluding tert-OH is 2. The first kappa shape index (κ1) is 40.6. The second-order valence-corrected chi connectivity index (χ2v) is 12.1. The average molecular weight is 734 g/mol. The lowest BCUT2D eigenvalue weighted by Crippen LogP contribution is -2.36. The van der Waals surface area contributed by atoms with Crippen LogP contribution in [0.25, 0.3) is 0 Å². The van der Waals surface area contributed by atoms with Crippen molar-refractivity contribution in [1.29, 1.82) is 0 Å². The molecule has 0 aromatic carbocycles. The summed E-state index contributed by atoms with van der Waals surface area (Å²) in [6, 6.07) is 0. The number of unbranched alkanes of at least 4 members (excludes halogenated alkanes) is 3. The SMILES string of the molecule is CC(=O)OCO.CCCCCOC.COCCCCBr.O=C1C2C3C=CC(O3)C2C(=O)N1CCO.O=C1NC(=O)C2C3C=CC(O3)C12. The smallest absolute Gasteiger partial charge is 0.304 e. The maximum Gasteiger partial charge on any atom is 0.304 e. The lowest BCUT2D eigenvalue weighted by atomic mass is 9.85. The van der Waals surface area contributed by atoms with Crippen LogP contribution in [0.5, 0.6) is 0 Å². The Labute approximate surface area is 284 Å². The van der Waals surface area contributed by atoms with Crippen LogP contribution in [0, 0.1) is 23.7 Å². The van der Waals surface area contributed by atoms with Crippen LogP contribution >= 0.6 is 15.9 Å². The summed E-state index contributed by atoms with van der Waals surface area (Å²) in [5.74, 6) is -2.42. The fourth-order valence-corrected chi connectivity index (χ4v) is 6.23. The number of hydrogen-bond donors (Lipinski definition) is 3. The molecule has 4 amide bonds. The zero-order valence-electron chi connectivity index (χ0n) is 27.5. The van der Waals surface area contributed by atoms with Crippen molar-refractivity contribution in [2.75, 3.05) is 52.7 Å². The first-order chi connectivity index (χ1) is 22.6. The number of aliphatic hydroxyl groups is 2. The number of hydrogen-bond acceptors (Lipinski definition) is 12. The predicted molar refractivity (Wildman–Crippen MR) is 172 cm³/mol. The molecular formula is C32H49BrN2O12. The van der Waals surface area contributed by atoms with E-state index < -0.39 is 12.8 Å². The molecule has 47 heavy (non-hydrogen) atoms. The molecule has 4 bridgehead atoms. The third kappa shape index (κ3) is 11.3. The first-order valence-corrected chi connectivity index (χ1v) is 17.0. The van der Waals surface area contributed by atoms with Crippen LogP contribution in [-0.2, 0) is 47.7 Å². The minimum absolute atomic E-state index is 0.101. The second kappa shape index (κ2) is 21.4. The molecule has 4 fully saturated rings. The number of alkyl halides is 1. The quantitative estimate of drug-likeness (QED) is 0.0691. The number of carbonyl (C=O) groups excluding carboxylic acids is 5. The second-order valence-electron chi connectivity index (χ2n) is 11.3. The number of nitrogens with one attached hydrogen (secondary N) is 1. The number of esters is 1. The third-order valence-electron chi connectivity index (χ3n) is 8.03. The summed E-state index contributed by atoms with van der Waals surface area (Å²) in [6.07, 6.45) is 12.8. The molecule has 15 heteroatoms. The maximum atomic E-state index is 11.9. The van der Waals surface area contributed by atoms with E-state index in [9.17, 15) is 24.0 Å². The van der Waals surface area contributed by atoms with E-state index in [1.165, 1.54) is 39.0 Å². The Hall–Kier alpha value is -2.53. The maximum absolute atomic E-state index is 11.9. The van der Waals surface area contributed by atoms with E-state index in [0.29, 0.717) is 0 Å². The van der Waals surface area contributed by atoms with E-state index in [4.69, 9.17) is 29.2 Å². The van der Waals surface area contributed by atoms with E-state index in [-0.39, 0.29) is 84.9 Å². The van der Waals surface area contributed by atoms with Gasteiger partial charge in [-0.15, -0.1) is 0 Å². The van der Waals surface area contributed by atoms with Crippen LogP contribution in [0.1, 0.15) is 46.0 Å². The van der Waals surface area contributed by atoms with Gasteiger partial charge >= 0.3 is 5.97 Å². The molecule has 3 N–H and O–H groups in total. The van der Waals surface area contributed by atoms with E-state index in [2.05, 4.69) is 32.9 Å². The number of nitrogens with zero attached hydrogens (tertiary/aromatic N) is 1. The minimum atomic E-state index is -0.519. The summed E-state index contributed by atoms with van der Waals surface area (Å²) in [6.45, 7) is 4.64. The largest absolute Gasteiger partial charge is 0.439 e. The number of β-amino-alcohol motifs (C(OH)–C–C–N with tert-alkyl or cyclic N) is 1. The fourth-order valence-electron chi connectivity index (χ4n) is 5.84. The number of fused-ring (bicyclic) bond motifs is 10. The van der Waals surface area contributed by atoms with Gasteiger partial charge in [-0.3, -0.25) is 34.2 Å². The van der Waals surface area contributed by atoms with Crippen molar-refractivity contribution in [3.8, 4) is 0 Å². The minimum Gasteiger partial charge on any atom is -0.439 e. The summed E-state index contributed by atoms with van der Waals surface area (Å²) in [4.78, 5) is 57.0. The van der Waals surface area contributed by atoms with Gasteiger partial charge in [0.05, 0.1) is 61.2 Å². The molecule has 6 aliphatic rings. The van der Waals surface area contributed by atoms with Gasteiger partial charge in [0.25, 0.3) is 0 Å². The van der Waals surface area contributed by atoms with E-state index in [0.717, 1.165) is 23.4 Å². The first-order valence-electron chi connectivity index (χ1n) is 15.9. The van der Waals surface area contributed by atoms with Crippen LogP contribution < -0.4 is 5.32 Å². The molecule has 0 spiro atoms. The molecule has 4 saturated heterocycles. The molecule has 6 aliphatic heterocycles. The zero-order chi connectivity index (χ0) is 34.9. The summed E-state index contributed by atoms with van der Waals surface area (Å²) in [5.41, 5.74) is 0. The summed E-state index contributed by atoms with van der Waals surface area (Å²) in [5, 5.41) is 20.0. The number of methoxy groups -OCH3 is 2. The monoisotopic (exact) mass is 732 g/mol. The van der Waals surface area contributed by atoms with Crippen LogP contribution in [0.2, 0.25) is 0 Å². The number of rotatable bonds is 11. The van der Waals surface area contributed by atoms with Gasteiger partial charge in [0.1, 0.15) is 0 Å². The third-order valence-corrected chi connectivity index (χ3v) is 8.59. The molecule has 14 nitrogen and oxygen atoms in total. The van der Waals surface area contributed by atoms with Gasteiger partial charge < -0.3 is 33.9 Å². The van der Waals surface area contributed by atoms with Gasteiger partial charge in [0.15, 0.2) is 6.79 Å². The molecule has 0 radical (unpaired) electrons. The van der Waals surface area contributed by atoms with Crippen LogP contribution in [0.15, 0.2) is 24.3 Å². The van der Waals surface area contributed by atoms with Gasteiger partial charge in [-0.1, -0.05) is 60.0 Å². The number of amides is 4. The lowest BCUT2D eigenvalue weighted by Gasteiger charge is -2.15. The van der Waals surface area contributed by atoms with Crippen LogP contribution in [0.4, 0.5) is 0 Å². The van der Waals surface area contributed by atoms with Gasteiger partial charge in [-0.05, 0) is 19.3 Å². The molecule has 0 aliphatic carbocycles. The molecule has 8 atom stereocenters. The van der Waals surface area contributed by atoms with Crippen molar-refractivity contribution in [3.05, 3.63) is 24.3 Å². The molecule has 266 valence electrons. The van der Waals surface area contributed by atoms with E-state index in [1.54, 1.807) is 14.2 Å². The van der Waals surface area contributed by atoms with Crippen molar-refractivity contribution in [3.63, 3.8) is 0 Å². The van der Waals surface area contributed by atoms with E-state index in [1.807, 2.05) is 24.3 Å². The van der Waals surface area contributed by atoms with Crippen LogP contribution in [-0.4, -0.2) is 122 Å². The molecule has 6 heterocycles. The van der Waals surface area contributed by atoms with Crippen molar-refractivity contribution in [1.82, 2.24) is 10.2 Å². The Balaban J connectivity index is 0.000000217. The topological polar surface area (TPSA) is 187 Å². The average Bonchev–Trinajstić information content (AvgIpc) is 3.90. The zero-order valence-corrected chi connectivity index (χ0v) is 29.1. The summed E-state index contributed by atoms with van der Waals surface area (Å²) >= 11 is 3.32. The highest BCUT2D eigenvalue weighted by Gasteiger charge is 2.60. The lowest BCUT2D eigenvalue weighted by molar-refractivity contribution is -0.149. The molecule has 8 unspecified atom stereocenters. The number of imide groups is 2. The van der Waals surface area contributed by atoms with Gasteiger partial charge in [-0.25, -0.2) is 0 Å².